The third-order valence-electron chi connectivity index (χ3n) is 6.00. The van der Waals surface area contributed by atoms with Crippen LogP contribution in [0.1, 0.15) is 30.2 Å². The Kier molecular flexibility index (Phi) is 5.14. The summed E-state index contributed by atoms with van der Waals surface area (Å²) in [5.74, 6) is 1.21. The minimum atomic E-state index is -0.168. The van der Waals surface area contributed by atoms with Crippen molar-refractivity contribution in [1.82, 2.24) is 19.7 Å². The topological polar surface area (TPSA) is 82.4 Å². The highest BCUT2D eigenvalue weighted by Crippen LogP contribution is 2.36. The van der Waals surface area contributed by atoms with Gasteiger partial charge in [0.05, 0.1) is 33.1 Å². The van der Waals surface area contributed by atoms with Crippen molar-refractivity contribution in [3.05, 3.63) is 60.3 Å². The number of carbonyl (C=O) groups is 1. The lowest BCUT2D eigenvalue weighted by Gasteiger charge is -2.19. The lowest BCUT2D eigenvalue weighted by Crippen LogP contribution is -2.26. The molecule has 5 aromatic rings. The molecule has 0 saturated carbocycles. The molecule has 0 aliphatic carbocycles. The molecule has 35 heavy (non-hydrogen) atoms. The lowest BCUT2D eigenvalue weighted by molar-refractivity contribution is 0.0994. The average molecular weight is 486 g/mol. The Balaban J connectivity index is 1.48. The van der Waals surface area contributed by atoms with Crippen molar-refractivity contribution in [3.63, 3.8) is 0 Å². The summed E-state index contributed by atoms with van der Waals surface area (Å²) in [5, 5.41) is 5.88. The molecule has 0 N–H and O–H groups in total. The monoisotopic (exact) mass is 485 g/mol. The second kappa shape index (κ2) is 8.35. The molecule has 176 valence electrons. The Morgan fingerprint density at radius 2 is 1.86 bits per heavy atom. The summed E-state index contributed by atoms with van der Waals surface area (Å²) in [6.45, 7) is 5.11. The van der Waals surface area contributed by atoms with E-state index in [9.17, 15) is 4.79 Å². The zero-order valence-corrected chi connectivity index (χ0v) is 20.4. The summed E-state index contributed by atoms with van der Waals surface area (Å²) in [7, 11) is 1.75. The van der Waals surface area contributed by atoms with Crippen molar-refractivity contribution >= 4 is 43.6 Å². The molecule has 0 spiro atoms. The van der Waals surface area contributed by atoms with E-state index in [4.69, 9.17) is 14.5 Å². The number of nitrogens with zero attached hydrogens (tertiary/aromatic N) is 5. The summed E-state index contributed by atoms with van der Waals surface area (Å²) < 4.78 is 14.3. The maximum Gasteiger partial charge on any atom is 0.260 e. The Bertz CT molecular complexity index is 1560. The molecule has 1 aliphatic heterocycles. The maximum absolute atomic E-state index is 13.8. The molecule has 0 unspecified atom stereocenters. The first kappa shape index (κ1) is 21.5. The molecule has 0 atom stereocenters. The molecule has 9 heteroatoms. The molecule has 2 aromatic carbocycles. The number of fused-ring (bicyclic) bond motifs is 3. The van der Waals surface area contributed by atoms with Crippen LogP contribution in [-0.2, 0) is 0 Å². The van der Waals surface area contributed by atoms with E-state index in [1.165, 1.54) is 11.3 Å². The molecule has 1 aliphatic rings. The zero-order chi connectivity index (χ0) is 24.1. The maximum atomic E-state index is 13.8. The molecule has 0 bridgehead atoms. The van der Waals surface area contributed by atoms with E-state index in [-0.39, 0.29) is 11.9 Å². The van der Waals surface area contributed by atoms with Gasteiger partial charge in [-0.05, 0) is 50.2 Å². The van der Waals surface area contributed by atoms with Crippen LogP contribution in [0, 0.1) is 0 Å². The minimum Gasteiger partial charge on any atom is -0.486 e. The molecule has 0 saturated heterocycles. The van der Waals surface area contributed by atoms with Crippen molar-refractivity contribution in [2.45, 2.75) is 19.9 Å². The number of amides is 1. The standard InChI is InChI=1S/C26H23N5O3S/c1-15(2)31-24-18(14-27-31)17(25(32)30(3)26-29-19-6-4-5-7-23(19)35-26)13-20(28-24)16-8-9-21-22(12-16)34-11-10-33-21/h4-9,12-15H,10-11H2,1-3H3. The van der Waals surface area contributed by atoms with Gasteiger partial charge in [-0.3, -0.25) is 9.69 Å². The predicted octanol–water partition coefficient (Wildman–Crippen LogP) is 5.34. The first-order valence-corrected chi connectivity index (χ1v) is 12.2. The van der Waals surface area contributed by atoms with Crippen LogP contribution in [0.2, 0.25) is 0 Å². The number of para-hydroxylation sites is 1. The van der Waals surface area contributed by atoms with E-state index < -0.39 is 0 Å². The Hall–Kier alpha value is -3.98. The van der Waals surface area contributed by atoms with Crippen LogP contribution in [0.15, 0.2) is 54.7 Å². The van der Waals surface area contributed by atoms with Gasteiger partial charge < -0.3 is 9.47 Å². The number of hydrogen-bond donors (Lipinski definition) is 0. The number of pyridine rings is 1. The van der Waals surface area contributed by atoms with E-state index in [1.807, 2.05) is 67.1 Å². The summed E-state index contributed by atoms with van der Waals surface area (Å²) >= 11 is 1.49. The number of rotatable bonds is 4. The van der Waals surface area contributed by atoms with Crippen LogP contribution >= 0.6 is 11.3 Å². The van der Waals surface area contributed by atoms with Gasteiger partial charge in [-0.15, -0.1) is 0 Å². The van der Waals surface area contributed by atoms with Crippen molar-refractivity contribution in [2.24, 2.45) is 0 Å². The average Bonchev–Trinajstić information content (AvgIpc) is 3.51. The van der Waals surface area contributed by atoms with Crippen LogP contribution in [-0.4, -0.2) is 45.9 Å². The fourth-order valence-electron chi connectivity index (χ4n) is 4.19. The molecule has 4 heterocycles. The molecule has 0 fully saturated rings. The summed E-state index contributed by atoms with van der Waals surface area (Å²) in [6, 6.07) is 15.5. The summed E-state index contributed by atoms with van der Waals surface area (Å²) in [5.41, 5.74) is 3.56. The van der Waals surface area contributed by atoms with E-state index in [0.29, 0.717) is 52.1 Å². The Morgan fingerprint density at radius 1 is 1.06 bits per heavy atom. The van der Waals surface area contributed by atoms with Gasteiger partial charge in [-0.1, -0.05) is 23.5 Å². The smallest absolute Gasteiger partial charge is 0.260 e. The highest BCUT2D eigenvalue weighted by molar-refractivity contribution is 7.22. The van der Waals surface area contributed by atoms with Crippen LogP contribution in [0.5, 0.6) is 11.5 Å². The van der Waals surface area contributed by atoms with Gasteiger partial charge in [0.15, 0.2) is 22.3 Å². The molecule has 1 amide bonds. The number of ether oxygens (including phenoxy) is 2. The number of benzene rings is 2. The number of anilines is 1. The van der Waals surface area contributed by atoms with Gasteiger partial charge in [0.2, 0.25) is 0 Å². The highest BCUT2D eigenvalue weighted by Gasteiger charge is 2.24. The van der Waals surface area contributed by atoms with Crippen molar-refractivity contribution in [3.8, 4) is 22.8 Å². The largest absolute Gasteiger partial charge is 0.486 e. The second-order valence-corrected chi connectivity index (χ2v) is 9.67. The molecular formula is C26H23N5O3S. The third kappa shape index (κ3) is 3.68. The predicted molar refractivity (Wildman–Crippen MR) is 137 cm³/mol. The van der Waals surface area contributed by atoms with Crippen LogP contribution < -0.4 is 14.4 Å². The summed E-state index contributed by atoms with van der Waals surface area (Å²) in [6.07, 6.45) is 1.72. The quantitative estimate of drug-likeness (QED) is 0.342. The van der Waals surface area contributed by atoms with Crippen LogP contribution in [0.3, 0.4) is 0 Å². The van der Waals surface area contributed by atoms with Gasteiger partial charge in [-0.25, -0.2) is 14.6 Å². The molecule has 6 rings (SSSR count). The summed E-state index contributed by atoms with van der Waals surface area (Å²) in [4.78, 5) is 25.0. The first-order valence-electron chi connectivity index (χ1n) is 11.4. The van der Waals surface area contributed by atoms with Crippen molar-refractivity contribution in [1.29, 1.82) is 0 Å². The highest BCUT2D eigenvalue weighted by atomic mass is 32.1. The third-order valence-corrected chi connectivity index (χ3v) is 7.11. The van der Waals surface area contributed by atoms with Gasteiger partial charge in [0.25, 0.3) is 5.91 Å². The molecule has 3 aromatic heterocycles. The van der Waals surface area contributed by atoms with Crippen molar-refractivity contribution in [2.75, 3.05) is 25.2 Å². The van der Waals surface area contributed by atoms with Gasteiger partial charge in [0.1, 0.15) is 13.2 Å². The SMILES string of the molecule is CC(C)n1ncc2c(C(=O)N(C)c3nc4ccccc4s3)cc(-c3ccc4c(c3)OCCO4)nc21. The Morgan fingerprint density at radius 3 is 2.66 bits per heavy atom. The minimum absolute atomic E-state index is 0.0838. The van der Waals surface area contributed by atoms with E-state index in [2.05, 4.69) is 10.1 Å². The van der Waals surface area contributed by atoms with Crippen LogP contribution in [0.25, 0.3) is 32.5 Å². The van der Waals surface area contributed by atoms with Gasteiger partial charge in [0, 0.05) is 18.7 Å². The van der Waals surface area contributed by atoms with Crippen molar-refractivity contribution < 1.29 is 14.3 Å². The normalized spacial score (nSPS) is 13.0. The molecule has 8 nitrogen and oxygen atoms in total. The molecular weight excluding hydrogens is 462 g/mol. The first-order chi connectivity index (χ1) is 17.0. The lowest BCUT2D eigenvalue weighted by atomic mass is 10.1. The fraction of sp³-hybridized carbons (Fsp3) is 0.231. The number of carbonyl (C=O) groups excluding carboxylic acids is 1. The zero-order valence-electron chi connectivity index (χ0n) is 19.6. The van der Waals surface area contributed by atoms with E-state index >= 15 is 0 Å². The second-order valence-electron chi connectivity index (χ2n) is 8.66. The van der Waals surface area contributed by atoms with E-state index in [0.717, 1.165) is 15.8 Å². The van der Waals surface area contributed by atoms with Crippen LogP contribution in [0.4, 0.5) is 5.13 Å². The Labute approximate surface area is 205 Å². The number of hydrogen-bond acceptors (Lipinski definition) is 7. The fourth-order valence-corrected chi connectivity index (χ4v) is 5.12. The van der Waals surface area contributed by atoms with Gasteiger partial charge >= 0.3 is 0 Å². The van der Waals surface area contributed by atoms with Gasteiger partial charge in [-0.2, -0.15) is 5.10 Å². The number of thiazole rings is 1. The number of aromatic nitrogens is 4. The molecule has 0 radical (unpaired) electrons. The van der Waals surface area contributed by atoms with E-state index in [1.54, 1.807) is 18.1 Å².